The molecule has 0 aliphatic heterocycles. The number of aromatic nitrogens is 2. The highest BCUT2D eigenvalue weighted by molar-refractivity contribution is 6.30. The molecule has 0 aliphatic rings. The molecule has 0 amide bonds. The second-order valence-corrected chi connectivity index (χ2v) is 7.84. The molecule has 0 radical (unpaired) electrons. The van der Waals surface area contributed by atoms with Gasteiger partial charge in [0.1, 0.15) is 5.75 Å². The van der Waals surface area contributed by atoms with Crippen molar-refractivity contribution in [2.24, 2.45) is 0 Å². The minimum absolute atomic E-state index is 0.0530. The van der Waals surface area contributed by atoms with Crippen molar-refractivity contribution in [1.29, 1.82) is 0 Å². The standard InChI is InChI=1S/C26H19ClN2O3/c1-31-20-11-12-23-21(13-20)22(16-29(23)15-17-7-9-19(27)10-8-17)25(30)26-28-14-24(32-26)18-5-3-2-4-6-18/h2-14,16H,15H2,1H3. The van der Waals surface area contributed by atoms with E-state index in [0.717, 1.165) is 22.0 Å². The summed E-state index contributed by atoms with van der Waals surface area (Å²) in [5.41, 5.74) is 3.36. The SMILES string of the molecule is COc1ccc2c(c1)c(C(=O)c1ncc(-c3ccccc3)o1)cn2Cc1ccc(Cl)cc1. The Morgan fingerprint density at radius 3 is 2.59 bits per heavy atom. The first-order valence-electron chi connectivity index (χ1n) is 10.1. The fraction of sp³-hybridized carbons (Fsp3) is 0.0769. The average molecular weight is 443 g/mol. The van der Waals surface area contributed by atoms with Crippen LogP contribution in [0.25, 0.3) is 22.2 Å². The average Bonchev–Trinajstić information content (AvgIpc) is 3.46. The summed E-state index contributed by atoms with van der Waals surface area (Å²) in [6, 6.07) is 22.9. The van der Waals surface area contributed by atoms with Gasteiger partial charge in [0.2, 0.25) is 5.78 Å². The van der Waals surface area contributed by atoms with Gasteiger partial charge in [-0.15, -0.1) is 0 Å². The fourth-order valence-corrected chi connectivity index (χ4v) is 3.86. The molecule has 5 rings (SSSR count). The minimum atomic E-state index is -0.278. The zero-order valence-electron chi connectivity index (χ0n) is 17.3. The lowest BCUT2D eigenvalue weighted by atomic mass is 10.1. The second-order valence-electron chi connectivity index (χ2n) is 7.41. The molecule has 32 heavy (non-hydrogen) atoms. The summed E-state index contributed by atoms with van der Waals surface area (Å²) in [6.07, 6.45) is 3.42. The van der Waals surface area contributed by atoms with Gasteiger partial charge in [-0.05, 0) is 35.9 Å². The molecule has 0 atom stereocenters. The molecule has 0 saturated carbocycles. The lowest BCUT2D eigenvalue weighted by Crippen LogP contribution is -2.01. The first-order chi connectivity index (χ1) is 15.6. The van der Waals surface area contributed by atoms with E-state index in [2.05, 4.69) is 4.98 Å². The normalized spacial score (nSPS) is 11.1. The first-order valence-corrected chi connectivity index (χ1v) is 10.5. The predicted octanol–water partition coefficient (Wildman–Crippen LogP) is 6.24. The highest BCUT2D eigenvalue weighted by Crippen LogP contribution is 2.29. The number of benzene rings is 3. The maximum Gasteiger partial charge on any atom is 0.268 e. The number of hydrogen-bond acceptors (Lipinski definition) is 4. The van der Waals surface area contributed by atoms with Gasteiger partial charge in [0.25, 0.3) is 5.89 Å². The smallest absolute Gasteiger partial charge is 0.268 e. The number of carbonyl (C=O) groups excluding carboxylic acids is 1. The Kier molecular flexibility index (Phi) is 5.25. The lowest BCUT2D eigenvalue weighted by molar-refractivity contribution is 0.100. The molecule has 0 spiro atoms. The molecule has 2 heterocycles. The number of ether oxygens (including phenoxy) is 1. The number of ketones is 1. The van der Waals surface area contributed by atoms with Crippen LogP contribution < -0.4 is 4.74 Å². The van der Waals surface area contributed by atoms with Gasteiger partial charge in [-0.25, -0.2) is 4.98 Å². The van der Waals surface area contributed by atoms with Gasteiger partial charge < -0.3 is 13.7 Å². The van der Waals surface area contributed by atoms with Crippen LogP contribution in [0.3, 0.4) is 0 Å². The Hall–Kier alpha value is -3.83. The van der Waals surface area contributed by atoms with Crippen LogP contribution in [0.2, 0.25) is 5.02 Å². The van der Waals surface area contributed by atoms with E-state index in [4.69, 9.17) is 20.8 Å². The van der Waals surface area contributed by atoms with E-state index in [0.29, 0.717) is 28.6 Å². The summed E-state index contributed by atoms with van der Waals surface area (Å²) in [5.74, 6) is 1.00. The molecule has 0 fully saturated rings. The third-order valence-electron chi connectivity index (χ3n) is 5.36. The number of rotatable bonds is 6. The molecular formula is C26H19ClN2O3. The maximum atomic E-state index is 13.4. The summed E-state index contributed by atoms with van der Waals surface area (Å²) < 4.78 is 13.2. The molecule has 6 heteroatoms. The van der Waals surface area contributed by atoms with E-state index in [-0.39, 0.29) is 11.7 Å². The molecule has 0 bridgehead atoms. The van der Waals surface area contributed by atoms with Crippen LogP contribution in [-0.4, -0.2) is 22.4 Å². The molecule has 0 aliphatic carbocycles. The van der Waals surface area contributed by atoms with Crippen molar-refractivity contribution in [2.75, 3.05) is 7.11 Å². The molecule has 5 aromatic rings. The van der Waals surface area contributed by atoms with Crippen molar-refractivity contribution >= 4 is 28.3 Å². The van der Waals surface area contributed by atoms with E-state index in [9.17, 15) is 4.79 Å². The molecule has 0 saturated heterocycles. The number of oxazole rings is 1. The number of hydrogen-bond donors (Lipinski definition) is 0. The van der Waals surface area contributed by atoms with Crippen LogP contribution >= 0.6 is 11.6 Å². The van der Waals surface area contributed by atoms with Crippen molar-refractivity contribution in [3.05, 3.63) is 107 Å². The van der Waals surface area contributed by atoms with Crippen LogP contribution in [0.15, 0.2) is 89.6 Å². The summed E-state index contributed by atoms with van der Waals surface area (Å²) in [4.78, 5) is 17.6. The van der Waals surface area contributed by atoms with Gasteiger partial charge >= 0.3 is 0 Å². The van der Waals surface area contributed by atoms with Gasteiger partial charge in [0.15, 0.2) is 5.76 Å². The number of fused-ring (bicyclic) bond motifs is 1. The lowest BCUT2D eigenvalue weighted by Gasteiger charge is -2.06. The van der Waals surface area contributed by atoms with Crippen LogP contribution in [0, 0.1) is 0 Å². The Labute approximate surface area is 189 Å². The van der Waals surface area contributed by atoms with Gasteiger partial charge in [-0.1, -0.05) is 54.1 Å². The Balaban J connectivity index is 1.56. The van der Waals surface area contributed by atoms with Gasteiger partial charge in [-0.2, -0.15) is 0 Å². The Morgan fingerprint density at radius 1 is 1.06 bits per heavy atom. The number of carbonyl (C=O) groups is 1. The van der Waals surface area contributed by atoms with Crippen molar-refractivity contribution in [3.63, 3.8) is 0 Å². The quantitative estimate of drug-likeness (QED) is 0.292. The molecule has 0 unspecified atom stereocenters. The number of halogens is 1. The van der Waals surface area contributed by atoms with E-state index >= 15 is 0 Å². The van der Waals surface area contributed by atoms with E-state index in [1.165, 1.54) is 0 Å². The Morgan fingerprint density at radius 2 is 1.84 bits per heavy atom. The summed E-state index contributed by atoms with van der Waals surface area (Å²) in [7, 11) is 1.60. The van der Waals surface area contributed by atoms with Crippen molar-refractivity contribution < 1.29 is 13.9 Å². The monoisotopic (exact) mass is 442 g/mol. The van der Waals surface area contributed by atoms with E-state index < -0.39 is 0 Å². The van der Waals surface area contributed by atoms with Gasteiger partial charge in [-0.3, -0.25) is 4.79 Å². The Bertz CT molecular complexity index is 1400. The molecule has 0 N–H and O–H groups in total. The third kappa shape index (κ3) is 3.79. The first kappa shape index (κ1) is 20.1. The summed E-state index contributed by atoms with van der Waals surface area (Å²) >= 11 is 6.02. The van der Waals surface area contributed by atoms with Crippen LogP contribution in [-0.2, 0) is 6.54 Å². The van der Waals surface area contributed by atoms with Gasteiger partial charge in [0, 0.05) is 34.2 Å². The molecule has 2 aromatic heterocycles. The third-order valence-corrected chi connectivity index (χ3v) is 5.61. The molecule has 5 nitrogen and oxygen atoms in total. The number of methoxy groups -OCH3 is 1. The van der Waals surface area contributed by atoms with Crippen LogP contribution in [0.5, 0.6) is 5.75 Å². The topological polar surface area (TPSA) is 57.3 Å². The molecular weight excluding hydrogens is 424 g/mol. The fourth-order valence-electron chi connectivity index (χ4n) is 3.73. The maximum absolute atomic E-state index is 13.4. The van der Waals surface area contributed by atoms with Crippen molar-refractivity contribution in [2.45, 2.75) is 6.54 Å². The van der Waals surface area contributed by atoms with Gasteiger partial charge in [0.05, 0.1) is 18.9 Å². The summed E-state index contributed by atoms with van der Waals surface area (Å²) in [5, 5.41) is 1.47. The highest BCUT2D eigenvalue weighted by Gasteiger charge is 2.22. The number of nitrogens with zero attached hydrogens (tertiary/aromatic N) is 2. The van der Waals surface area contributed by atoms with E-state index in [1.807, 2.05) is 83.6 Å². The molecule has 158 valence electrons. The zero-order valence-corrected chi connectivity index (χ0v) is 18.0. The second kappa shape index (κ2) is 8.36. The zero-order chi connectivity index (χ0) is 22.1. The predicted molar refractivity (Wildman–Crippen MR) is 124 cm³/mol. The minimum Gasteiger partial charge on any atom is -0.497 e. The van der Waals surface area contributed by atoms with E-state index in [1.54, 1.807) is 13.3 Å². The molecule has 3 aromatic carbocycles. The highest BCUT2D eigenvalue weighted by atomic mass is 35.5. The van der Waals surface area contributed by atoms with Crippen LogP contribution in [0.1, 0.15) is 21.8 Å². The van der Waals surface area contributed by atoms with Crippen molar-refractivity contribution in [3.8, 4) is 17.1 Å². The van der Waals surface area contributed by atoms with Crippen molar-refractivity contribution in [1.82, 2.24) is 9.55 Å². The largest absolute Gasteiger partial charge is 0.497 e. The summed E-state index contributed by atoms with van der Waals surface area (Å²) in [6.45, 7) is 0.591. The van der Waals surface area contributed by atoms with Crippen LogP contribution in [0.4, 0.5) is 0 Å².